The summed E-state index contributed by atoms with van der Waals surface area (Å²) in [5, 5.41) is 11.5. The lowest BCUT2D eigenvalue weighted by Gasteiger charge is -2.38. The molecular formula is C37H42O4S2. The van der Waals surface area contributed by atoms with Crippen molar-refractivity contribution in [2.75, 3.05) is 6.61 Å². The molecule has 4 nitrogen and oxygen atoms in total. The van der Waals surface area contributed by atoms with E-state index >= 15 is 0 Å². The second-order valence-electron chi connectivity index (χ2n) is 11.2. The molecule has 1 aliphatic heterocycles. The topological polar surface area (TPSA) is 47.9 Å². The van der Waals surface area contributed by atoms with Crippen LogP contribution in [0.4, 0.5) is 0 Å². The van der Waals surface area contributed by atoms with Crippen LogP contribution in [-0.4, -0.2) is 40.7 Å². The fraction of sp³-hybridized carbons (Fsp3) is 0.351. The average Bonchev–Trinajstić information content (AvgIpc) is 3.03. The van der Waals surface area contributed by atoms with E-state index in [1.54, 1.807) is 0 Å². The van der Waals surface area contributed by atoms with Crippen LogP contribution in [0.1, 0.15) is 37.3 Å². The Morgan fingerprint density at radius 1 is 0.698 bits per heavy atom. The van der Waals surface area contributed by atoms with E-state index < -0.39 is 6.10 Å². The van der Waals surface area contributed by atoms with Crippen LogP contribution in [0.5, 0.6) is 0 Å². The van der Waals surface area contributed by atoms with E-state index in [1.807, 2.05) is 72.1 Å². The number of aliphatic hydroxyl groups is 1. The van der Waals surface area contributed by atoms with Crippen molar-refractivity contribution in [2.24, 2.45) is 5.92 Å². The summed E-state index contributed by atoms with van der Waals surface area (Å²) in [7, 11) is 0. The Kier molecular flexibility index (Phi) is 12.6. The lowest BCUT2D eigenvalue weighted by Crippen LogP contribution is -2.46. The van der Waals surface area contributed by atoms with Crippen LogP contribution in [0.15, 0.2) is 131 Å². The fourth-order valence-corrected chi connectivity index (χ4v) is 8.07. The van der Waals surface area contributed by atoms with Gasteiger partial charge in [0.1, 0.15) is 6.10 Å². The number of hydrogen-bond donors (Lipinski definition) is 1. The molecule has 5 atom stereocenters. The van der Waals surface area contributed by atoms with Crippen molar-refractivity contribution in [3.05, 3.63) is 132 Å². The molecule has 0 unspecified atom stereocenters. The van der Waals surface area contributed by atoms with Crippen molar-refractivity contribution in [3.63, 3.8) is 0 Å². The van der Waals surface area contributed by atoms with E-state index in [4.69, 9.17) is 14.2 Å². The summed E-state index contributed by atoms with van der Waals surface area (Å²) >= 11 is 3.65. The van der Waals surface area contributed by atoms with Crippen LogP contribution in [0.25, 0.3) is 0 Å². The summed E-state index contributed by atoms with van der Waals surface area (Å²) in [6.07, 6.45) is 0.781. The Morgan fingerprint density at radius 2 is 1.21 bits per heavy atom. The Balaban J connectivity index is 1.35. The molecule has 0 saturated carbocycles. The molecule has 4 aromatic carbocycles. The minimum atomic E-state index is -0.572. The number of thioether (sulfide) groups is 2. The molecule has 0 aliphatic carbocycles. The molecule has 1 heterocycles. The summed E-state index contributed by atoms with van der Waals surface area (Å²) in [5.74, 6) is 0.279. The van der Waals surface area contributed by atoms with Crippen LogP contribution in [0.2, 0.25) is 0 Å². The minimum Gasteiger partial charge on any atom is -0.390 e. The number of aliphatic hydroxyl groups excluding tert-OH is 1. The molecule has 226 valence electrons. The first-order valence-electron chi connectivity index (χ1n) is 15.2. The molecule has 0 amide bonds. The molecular weight excluding hydrogens is 573 g/mol. The summed E-state index contributed by atoms with van der Waals surface area (Å²) < 4.78 is 19.8. The third-order valence-corrected chi connectivity index (χ3v) is 10.2. The second-order valence-corrected chi connectivity index (χ2v) is 14.1. The Hall–Kier alpha value is -2.58. The first-order valence-corrected chi connectivity index (χ1v) is 16.9. The van der Waals surface area contributed by atoms with Crippen molar-refractivity contribution in [1.82, 2.24) is 0 Å². The molecule has 43 heavy (non-hydrogen) atoms. The summed E-state index contributed by atoms with van der Waals surface area (Å²) in [4.78, 5) is 2.41. The van der Waals surface area contributed by atoms with Crippen LogP contribution in [-0.2, 0) is 27.4 Å². The zero-order valence-corrected chi connectivity index (χ0v) is 26.4. The lowest BCUT2D eigenvalue weighted by atomic mass is 9.90. The molecule has 0 aromatic heterocycles. The average molecular weight is 615 g/mol. The van der Waals surface area contributed by atoms with Crippen molar-refractivity contribution in [3.8, 4) is 0 Å². The molecule has 1 N–H and O–H groups in total. The summed E-state index contributed by atoms with van der Waals surface area (Å²) in [5.41, 5.74) is 2.26. The van der Waals surface area contributed by atoms with Gasteiger partial charge >= 0.3 is 0 Å². The van der Waals surface area contributed by atoms with E-state index in [9.17, 15) is 5.11 Å². The third-order valence-electron chi connectivity index (χ3n) is 7.62. The van der Waals surface area contributed by atoms with Gasteiger partial charge < -0.3 is 19.3 Å². The fourth-order valence-electron chi connectivity index (χ4n) is 5.40. The monoisotopic (exact) mass is 614 g/mol. The highest BCUT2D eigenvalue weighted by Gasteiger charge is 2.36. The third kappa shape index (κ3) is 10.5. The van der Waals surface area contributed by atoms with Crippen LogP contribution in [0, 0.1) is 5.92 Å². The zero-order chi connectivity index (χ0) is 29.7. The number of hydrogen-bond acceptors (Lipinski definition) is 6. The molecule has 0 radical (unpaired) electrons. The van der Waals surface area contributed by atoms with Crippen molar-refractivity contribution in [1.29, 1.82) is 0 Å². The van der Waals surface area contributed by atoms with Gasteiger partial charge in [-0.2, -0.15) is 0 Å². The van der Waals surface area contributed by atoms with Gasteiger partial charge in [-0.1, -0.05) is 104 Å². The SMILES string of the molecule is C[C@@H]1C[C@H](O)[C@@H](CC(Sc2ccccc2)Sc2ccccc2)O[C@@H](COCc2ccccc2)[C@H](OCc2ccccc2)C1. The Labute approximate surface area is 265 Å². The second kappa shape index (κ2) is 17.0. The minimum absolute atomic E-state index is 0.147. The maximum atomic E-state index is 11.5. The normalized spacial score (nSPS) is 22.6. The maximum Gasteiger partial charge on any atom is 0.107 e. The van der Waals surface area contributed by atoms with Gasteiger partial charge in [0.05, 0.1) is 42.7 Å². The maximum absolute atomic E-state index is 11.5. The molecule has 1 aliphatic rings. The van der Waals surface area contributed by atoms with Crippen molar-refractivity contribution in [2.45, 2.75) is 78.2 Å². The number of benzene rings is 4. The van der Waals surface area contributed by atoms with Crippen LogP contribution < -0.4 is 0 Å². The van der Waals surface area contributed by atoms with Gasteiger partial charge in [-0.25, -0.2) is 0 Å². The van der Waals surface area contributed by atoms with E-state index in [2.05, 4.69) is 79.7 Å². The molecule has 5 rings (SSSR count). The van der Waals surface area contributed by atoms with Gasteiger partial charge in [0.25, 0.3) is 0 Å². The van der Waals surface area contributed by atoms with Crippen LogP contribution in [0.3, 0.4) is 0 Å². The molecule has 0 spiro atoms. The standard InChI is InChI=1S/C37H42O4S2/c1-28-22-33(38)34(24-37(42-31-18-10-4-11-19-31)43-32-20-12-5-13-21-32)41-36(27-39-25-29-14-6-2-7-15-29)35(23-28)40-26-30-16-8-3-9-17-30/h2-21,28,33-38H,22-27H2,1H3/t28-,33+,34-,35-,36+/m1/s1. The quantitative estimate of drug-likeness (QED) is 0.120. The highest BCUT2D eigenvalue weighted by Crippen LogP contribution is 2.40. The van der Waals surface area contributed by atoms with Gasteiger partial charge in [-0.15, -0.1) is 23.5 Å². The molecule has 6 heteroatoms. The van der Waals surface area contributed by atoms with E-state index in [1.165, 1.54) is 9.79 Å². The van der Waals surface area contributed by atoms with Gasteiger partial charge in [0, 0.05) is 9.79 Å². The highest BCUT2D eigenvalue weighted by atomic mass is 32.2. The largest absolute Gasteiger partial charge is 0.390 e. The Bertz CT molecular complexity index is 1270. The van der Waals surface area contributed by atoms with E-state index in [-0.39, 0.29) is 28.8 Å². The van der Waals surface area contributed by atoms with Crippen LogP contribution >= 0.6 is 23.5 Å². The zero-order valence-electron chi connectivity index (χ0n) is 24.7. The predicted molar refractivity (Wildman–Crippen MR) is 177 cm³/mol. The van der Waals surface area contributed by atoms with Crippen molar-refractivity contribution < 1.29 is 19.3 Å². The lowest BCUT2D eigenvalue weighted by molar-refractivity contribution is -0.175. The van der Waals surface area contributed by atoms with E-state index in [0.717, 1.165) is 17.5 Å². The van der Waals surface area contributed by atoms with Gasteiger partial charge in [-0.05, 0) is 60.6 Å². The van der Waals surface area contributed by atoms with Crippen molar-refractivity contribution >= 4 is 23.5 Å². The first kappa shape index (κ1) is 31.8. The van der Waals surface area contributed by atoms with Gasteiger partial charge in [0.15, 0.2) is 0 Å². The Morgan fingerprint density at radius 3 is 1.77 bits per heavy atom. The molecule has 4 aromatic rings. The van der Waals surface area contributed by atoms with Gasteiger partial charge in [0.2, 0.25) is 0 Å². The number of ether oxygens (including phenoxy) is 3. The van der Waals surface area contributed by atoms with Gasteiger partial charge in [-0.3, -0.25) is 0 Å². The highest BCUT2D eigenvalue weighted by molar-refractivity contribution is 8.17. The molecule has 0 bridgehead atoms. The van der Waals surface area contributed by atoms with E-state index in [0.29, 0.717) is 32.7 Å². The summed E-state index contributed by atoms with van der Waals surface area (Å²) in [6.45, 7) is 3.62. The number of rotatable bonds is 13. The first-order chi connectivity index (χ1) is 21.1. The molecule has 1 saturated heterocycles. The predicted octanol–water partition coefficient (Wildman–Crippen LogP) is 8.63. The summed E-state index contributed by atoms with van der Waals surface area (Å²) in [6, 6.07) is 41.5. The molecule has 1 fully saturated rings. The smallest absolute Gasteiger partial charge is 0.107 e.